The van der Waals surface area contributed by atoms with Crippen LogP contribution in [-0.4, -0.2) is 21.1 Å². The second-order valence-corrected chi connectivity index (χ2v) is 13.2. The monoisotopic (exact) mass is 352 g/mol. The third kappa shape index (κ3) is 8.43. The van der Waals surface area contributed by atoms with Crippen molar-refractivity contribution >= 4 is 8.32 Å². The Hall–Kier alpha value is -0.673. The Bertz CT molecular complexity index is 439. The van der Waals surface area contributed by atoms with Crippen molar-refractivity contribution in [3.63, 3.8) is 0 Å². The first-order chi connectivity index (χ1) is 11.2. The molecule has 0 saturated carbocycles. The predicted molar refractivity (Wildman–Crippen MR) is 106 cm³/mol. The molecule has 0 amide bonds. The average molecular weight is 353 g/mol. The molecule has 1 atom stereocenters. The molecule has 3 heteroatoms. The number of hydrogen-bond donors (Lipinski definition) is 0. The number of halogens is 1. The summed E-state index contributed by atoms with van der Waals surface area (Å²) in [7, 11) is -1.59. The lowest BCUT2D eigenvalue weighted by Gasteiger charge is -2.36. The minimum Gasteiger partial charge on any atom is -0.417 e. The number of unbranched alkanes of at least 4 members (excludes halogenated alkanes) is 3. The summed E-state index contributed by atoms with van der Waals surface area (Å²) in [4.78, 5) is 0. The number of hydrogen-bond acceptors (Lipinski definition) is 1. The molecule has 138 valence electrons. The maximum absolute atomic E-state index is 13.9. The van der Waals surface area contributed by atoms with Crippen LogP contribution in [0.4, 0.5) is 4.39 Å². The summed E-state index contributed by atoms with van der Waals surface area (Å²) in [6.45, 7) is 12.3. The summed E-state index contributed by atoms with van der Waals surface area (Å²) >= 11 is 0. The van der Waals surface area contributed by atoms with E-state index in [1.807, 2.05) is 18.2 Å². The van der Waals surface area contributed by atoms with Crippen molar-refractivity contribution in [3.05, 3.63) is 35.9 Å². The van der Waals surface area contributed by atoms with Crippen molar-refractivity contribution in [1.29, 1.82) is 0 Å². The highest BCUT2D eigenvalue weighted by atomic mass is 28.4. The predicted octanol–water partition coefficient (Wildman–Crippen LogP) is 6.93. The molecule has 1 aromatic rings. The highest BCUT2D eigenvalue weighted by Crippen LogP contribution is 2.36. The molecule has 0 spiro atoms. The van der Waals surface area contributed by atoms with Gasteiger partial charge in [-0.2, -0.15) is 0 Å². The van der Waals surface area contributed by atoms with Crippen LogP contribution in [0.2, 0.25) is 18.1 Å². The molecule has 0 bridgehead atoms. The van der Waals surface area contributed by atoms with Gasteiger partial charge >= 0.3 is 0 Å². The highest BCUT2D eigenvalue weighted by Gasteiger charge is 2.36. The van der Waals surface area contributed by atoms with E-state index in [-0.39, 0.29) is 5.04 Å². The van der Waals surface area contributed by atoms with Crippen LogP contribution in [0.25, 0.3) is 0 Å². The molecule has 1 aromatic carbocycles. The minimum atomic E-state index is -1.59. The first-order valence-corrected chi connectivity index (χ1v) is 12.4. The van der Waals surface area contributed by atoms with Crippen LogP contribution in [0.1, 0.15) is 64.9 Å². The van der Waals surface area contributed by atoms with Gasteiger partial charge in [0.15, 0.2) is 8.32 Å². The van der Waals surface area contributed by atoms with Crippen LogP contribution in [0.5, 0.6) is 0 Å². The fraction of sp³-hybridized carbons (Fsp3) is 0.714. The molecule has 0 N–H and O–H groups in total. The lowest BCUT2D eigenvalue weighted by molar-refractivity contribution is 0.269. The summed E-state index contributed by atoms with van der Waals surface area (Å²) in [5, 5.41) is 0.285. The van der Waals surface area contributed by atoms with Gasteiger partial charge in [0.2, 0.25) is 0 Å². The van der Waals surface area contributed by atoms with E-state index in [0.29, 0.717) is 12.8 Å². The van der Waals surface area contributed by atoms with Crippen molar-refractivity contribution < 1.29 is 8.82 Å². The Morgan fingerprint density at radius 3 is 2.21 bits per heavy atom. The van der Waals surface area contributed by atoms with Gasteiger partial charge in [0.25, 0.3) is 0 Å². The van der Waals surface area contributed by atoms with Crippen LogP contribution in [0, 0.1) is 0 Å². The van der Waals surface area contributed by atoms with Gasteiger partial charge in [0.05, 0.1) is 0 Å². The van der Waals surface area contributed by atoms with Crippen molar-refractivity contribution in [3.8, 4) is 0 Å². The maximum Gasteiger partial charge on any atom is 0.191 e. The molecule has 0 aliphatic carbocycles. The molecule has 0 fully saturated rings. The zero-order valence-electron chi connectivity index (χ0n) is 16.4. The smallest absolute Gasteiger partial charge is 0.191 e. The Labute approximate surface area is 150 Å². The van der Waals surface area contributed by atoms with Crippen LogP contribution in [-0.2, 0) is 10.8 Å². The molecule has 0 saturated heterocycles. The lowest BCUT2D eigenvalue weighted by Crippen LogP contribution is -2.40. The van der Waals surface area contributed by atoms with Gasteiger partial charge in [-0.1, -0.05) is 70.4 Å². The Kier molecular flexibility index (Phi) is 9.21. The quantitative estimate of drug-likeness (QED) is 0.310. The van der Waals surface area contributed by atoms with Gasteiger partial charge in [0.1, 0.15) is 6.17 Å². The van der Waals surface area contributed by atoms with Gasteiger partial charge in [-0.15, -0.1) is 0 Å². The van der Waals surface area contributed by atoms with Crippen LogP contribution < -0.4 is 0 Å². The normalized spacial score (nSPS) is 13.9. The topological polar surface area (TPSA) is 9.23 Å². The van der Waals surface area contributed by atoms with Crippen molar-refractivity contribution in [2.24, 2.45) is 0 Å². The van der Waals surface area contributed by atoms with E-state index in [1.165, 1.54) is 5.56 Å². The highest BCUT2D eigenvalue weighted by molar-refractivity contribution is 6.74. The van der Waals surface area contributed by atoms with E-state index >= 15 is 0 Å². The molecule has 24 heavy (non-hydrogen) atoms. The van der Waals surface area contributed by atoms with Gasteiger partial charge in [-0.05, 0) is 49.4 Å². The van der Waals surface area contributed by atoms with Gasteiger partial charge < -0.3 is 4.43 Å². The number of aryl methyl sites for hydroxylation is 1. The second-order valence-electron chi connectivity index (χ2n) is 8.43. The fourth-order valence-electron chi connectivity index (χ4n) is 2.48. The SMILES string of the molecule is CC(C)(C)[Si](C)(C)OCCCCCC[C@H](F)CCc1ccccc1. The molecule has 0 radical (unpaired) electrons. The van der Waals surface area contributed by atoms with Crippen LogP contribution >= 0.6 is 0 Å². The van der Waals surface area contributed by atoms with E-state index in [0.717, 1.165) is 38.7 Å². The fourth-order valence-corrected chi connectivity index (χ4v) is 3.57. The summed E-state index contributed by atoms with van der Waals surface area (Å²) in [5.74, 6) is 0. The summed E-state index contributed by atoms with van der Waals surface area (Å²) < 4.78 is 20.1. The van der Waals surface area contributed by atoms with Gasteiger partial charge in [0, 0.05) is 6.61 Å². The average Bonchev–Trinajstić information content (AvgIpc) is 2.52. The van der Waals surface area contributed by atoms with Crippen LogP contribution in [0.15, 0.2) is 30.3 Å². The third-order valence-corrected chi connectivity index (χ3v) is 9.81. The van der Waals surface area contributed by atoms with Crippen molar-refractivity contribution in [2.75, 3.05) is 6.61 Å². The molecule has 0 aliphatic heterocycles. The Morgan fingerprint density at radius 2 is 1.58 bits per heavy atom. The van der Waals surface area contributed by atoms with E-state index in [4.69, 9.17) is 4.43 Å². The Morgan fingerprint density at radius 1 is 0.958 bits per heavy atom. The number of benzene rings is 1. The molecule has 0 aliphatic rings. The largest absolute Gasteiger partial charge is 0.417 e. The molecule has 0 heterocycles. The minimum absolute atomic E-state index is 0.285. The summed E-state index contributed by atoms with van der Waals surface area (Å²) in [6, 6.07) is 10.2. The molecule has 0 aromatic heterocycles. The van der Waals surface area contributed by atoms with Gasteiger partial charge in [-0.25, -0.2) is 4.39 Å². The standard InChI is InChI=1S/C21H37FOSi/c1-21(2,3)24(4,5)23-18-12-7-6-11-15-20(22)17-16-19-13-9-8-10-14-19/h8-10,13-14,20H,6-7,11-12,15-18H2,1-5H3/t20-/m0/s1. The van der Waals surface area contributed by atoms with Gasteiger partial charge in [-0.3, -0.25) is 0 Å². The van der Waals surface area contributed by atoms with Crippen molar-refractivity contribution in [1.82, 2.24) is 0 Å². The molecule has 1 rings (SSSR count). The first kappa shape index (κ1) is 21.4. The maximum atomic E-state index is 13.9. The third-order valence-electron chi connectivity index (χ3n) is 5.27. The zero-order valence-corrected chi connectivity index (χ0v) is 17.4. The van der Waals surface area contributed by atoms with E-state index in [9.17, 15) is 4.39 Å². The van der Waals surface area contributed by atoms with Crippen molar-refractivity contribution in [2.45, 2.75) is 90.0 Å². The van der Waals surface area contributed by atoms with E-state index < -0.39 is 14.5 Å². The van der Waals surface area contributed by atoms with Crippen LogP contribution in [0.3, 0.4) is 0 Å². The lowest BCUT2D eigenvalue weighted by atomic mass is 10.0. The Balaban J connectivity index is 2.02. The van der Waals surface area contributed by atoms with E-state index in [1.54, 1.807) is 0 Å². The summed E-state index contributed by atoms with van der Waals surface area (Å²) in [5.41, 5.74) is 1.24. The first-order valence-electron chi connectivity index (χ1n) is 9.54. The number of rotatable bonds is 11. The number of alkyl halides is 1. The molecular weight excluding hydrogens is 315 g/mol. The molecular formula is C21H37FOSi. The van der Waals surface area contributed by atoms with E-state index in [2.05, 4.69) is 46.0 Å². The zero-order chi connectivity index (χ0) is 18.1. The molecule has 1 nitrogen and oxygen atoms in total. The second kappa shape index (κ2) is 10.3. The summed E-state index contributed by atoms with van der Waals surface area (Å²) in [6.07, 6.45) is 5.92. The molecule has 0 unspecified atom stereocenters.